The Morgan fingerprint density at radius 3 is 2.32 bits per heavy atom. The molecular formula is C29H24N4O. The number of aromatic nitrogens is 3. The van der Waals surface area contributed by atoms with Crippen molar-refractivity contribution >= 4 is 5.82 Å². The fraction of sp³-hybridized carbons (Fsp3) is 0.0690. The van der Waals surface area contributed by atoms with Crippen LogP contribution in [0.1, 0.15) is 5.56 Å². The smallest absolute Gasteiger partial charge is 0.127 e. The number of hydrogen-bond acceptors (Lipinski definition) is 5. The first-order valence-electron chi connectivity index (χ1n) is 11.1. The van der Waals surface area contributed by atoms with Crippen molar-refractivity contribution in [2.24, 2.45) is 0 Å². The molecule has 0 atom stereocenters. The van der Waals surface area contributed by atoms with Gasteiger partial charge in [0.15, 0.2) is 0 Å². The maximum atomic E-state index is 5.39. The van der Waals surface area contributed by atoms with Crippen LogP contribution in [0.5, 0.6) is 5.75 Å². The molecule has 34 heavy (non-hydrogen) atoms. The molecule has 5 heteroatoms. The van der Waals surface area contributed by atoms with Gasteiger partial charge in [0.1, 0.15) is 11.6 Å². The van der Waals surface area contributed by atoms with Crippen molar-refractivity contribution in [3.05, 3.63) is 115 Å². The molecule has 1 N–H and O–H groups in total. The van der Waals surface area contributed by atoms with Crippen LogP contribution in [0.3, 0.4) is 0 Å². The van der Waals surface area contributed by atoms with Crippen molar-refractivity contribution in [1.82, 2.24) is 15.0 Å². The van der Waals surface area contributed by atoms with E-state index < -0.39 is 0 Å². The normalized spacial score (nSPS) is 10.6. The molecule has 0 aliphatic heterocycles. The van der Waals surface area contributed by atoms with Crippen molar-refractivity contribution in [3.63, 3.8) is 0 Å². The highest BCUT2D eigenvalue weighted by molar-refractivity contribution is 5.76. The van der Waals surface area contributed by atoms with E-state index in [2.05, 4.69) is 51.7 Å². The number of anilines is 1. The minimum Gasteiger partial charge on any atom is -0.497 e. The molecule has 0 unspecified atom stereocenters. The summed E-state index contributed by atoms with van der Waals surface area (Å²) in [6.07, 6.45) is 5.53. The van der Waals surface area contributed by atoms with Gasteiger partial charge >= 0.3 is 0 Å². The summed E-state index contributed by atoms with van der Waals surface area (Å²) in [5.41, 5.74) is 6.91. The number of rotatable bonds is 7. The Morgan fingerprint density at radius 2 is 1.53 bits per heavy atom. The maximum Gasteiger partial charge on any atom is 0.127 e. The van der Waals surface area contributed by atoms with Gasteiger partial charge in [0.05, 0.1) is 18.5 Å². The van der Waals surface area contributed by atoms with E-state index in [1.807, 2.05) is 67.0 Å². The van der Waals surface area contributed by atoms with Crippen molar-refractivity contribution in [2.75, 3.05) is 12.4 Å². The lowest BCUT2D eigenvalue weighted by Gasteiger charge is -2.12. The Balaban J connectivity index is 1.53. The lowest BCUT2D eigenvalue weighted by Crippen LogP contribution is -2.02. The molecule has 2 aromatic carbocycles. The van der Waals surface area contributed by atoms with Crippen LogP contribution in [-0.2, 0) is 6.54 Å². The molecule has 5 nitrogen and oxygen atoms in total. The number of methoxy groups -OCH3 is 1. The number of nitrogens with one attached hydrogen (secondary N) is 1. The predicted molar refractivity (Wildman–Crippen MR) is 136 cm³/mol. The van der Waals surface area contributed by atoms with Crippen molar-refractivity contribution < 1.29 is 4.74 Å². The van der Waals surface area contributed by atoms with Crippen LogP contribution in [0.4, 0.5) is 5.82 Å². The highest BCUT2D eigenvalue weighted by Gasteiger charge is 2.10. The number of benzene rings is 2. The molecule has 5 aromatic rings. The van der Waals surface area contributed by atoms with E-state index in [9.17, 15) is 0 Å². The second-order valence-corrected chi connectivity index (χ2v) is 7.87. The molecule has 3 heterocycles. The Kier molecular flexibility index (Phi) is 6.25. The summed E-state index contributed by atoms with van der Waals surface area (Å²) in [6, 6.07) is 30.4. The van der Waals surface area contributed by atoms with Crippen molar-refractivity contribution in [2.45, 2.75) is 6.54 Å². The summed E-state index contributed by atoms with van der Waals surface area (Å²) in [4.78, 5) is 13.9. The van der Waals surface area contributed by atoms with E-state index in [1.165, 1.54) is 5.56 Å². The molecule has 0 saturated carbocycles. The molecule has 0 amide bonds. The van der Waals surface area contributed by atoms with E-state index in [-0.39, 0.29) is 0 Å². The second kappa shape index (κ2) is 9.96. The first-order valence-corrected chi connectivity index (χ1v) is 11.1. The van der Waals surface area contributed by atoms with Gasteiger partial charge in [0.25, 0.3) is 0 Å². The maximum absolute atomic E-state index is 5.39. The fourth-order valence-corrected chi connectivity index (χ4v) is 3.78. The Morgan fingerprint density at radius 1 is 0.706 bits per heavy atom. The summed E-state index contributed by atoms with van der Waals surface area (Å²) in [6.45, 7) is 0.682. The third-order valence-electron chi connectivity index (χ3n) is 5.54. The zero-order chi connectivity index (χ0) is 23.2. The lowest BCUT2D eigenvalue weighted by molar-refractivity contribution is 0.415. The third-order valence-corrected chi connectivity index (χ3v) is 5.54. The van der Waals surface area contributed by atoms with Gasteiger partial charge in [-0.3, -0.25) is 9.97 Å². The molecule has 0 aliphatic carbocycles. The molecule has 0 bridgehead atoms. The van der Waals surface area contributed by atoms with Crippen molar-refractivity contribution in [1.29, 1.82) is 0 Å². The third kappa shape index (κ3) is 4.94. The van der Waals surface area contributed by atoms with E-state index >= 15 is 0 Å². The quantitative estimate of drug-likeness (QED) is 0.311. The minimum absolute atomic E-state index is 0.682. The molecular weight excluding hydrogens is 420 g/mol. The molecule has 0 radical (unpaired) electrons. The van der Waals surface area contributed by atoms with E-state index in [4.69, 9.17) is 9.72 Å². The summed E-state index contributed by atoms with van der Waals surface area (Å²) >= 11 is 0. The van der Waals surface area contributed by atoms with Crippen LogP contribution in [0.15, 0.2) is 110 Å². The van der Waals surface area contributed by atoms with Gasteiger partial charge in [-0.2, -0.15) is 0 Å². The molecule has 166 valence electrons. The number of nitrogens with zero attached hydrogens (tertiary/aromatic N) is 3. The molecule has 0 spiro atoms. The molecule has 3 aromatic heterocycles. The Labute approximate surface area is 199 Å². The number of ether oxygens (including phenoxy) is 1. The van der Waals surface area contributed by atoms with E-state index in [0.29, 0.717) is 6.54 Å². The monoisotopic (exact) mass is 444 g/mol. The highest BCUT2D eigenvalue weighted by Crippen LogP contribution is 2.30. The van der Waals surface area contributed by atoms with Gasteiger partial charge in [-0.15, -0.1) is 0 Å². The van der Waals surface area contributed by atoms with Gasteiger partial charge in [0.2, 0.25) is 0 Å². The van der Waals surface area contributed by atoms with Gasteiger partial charge in [0, 0.05) is 36.3 Å². The standard InChI is InChI=1S/C29H24N4O/c1-34-26-11-7-10-22(15-26)24-14-25(20-30-19-24)23-16-28(27-12-5-6-13-31-27)33-29(17-23)32-18-21-8-3-2-4-9-21/h2-17,19-20H,18H2,1H3,(H,32,33). The average Bonchev–Trinajstić information content (AvgIpc) is 2.93. The molecule has 0 aliphatic rings. The number of hydrogen-bond donors (Lipinski definition) is 1. The van der Waals surface area contributed by atoms with Crippen LogP contribution in [-0.4, -0.2) is 22.1 Å². The summed E-state index contributed by atoms with van der Waals surface area (Å²) in [5.74, 6) is 1.60. The largest absolute Gasteiger partial charge is 0.497 e. The van der Waals surface area contributed by atoms with Crippen LogP contribution in [0.2, 0.25) is 0 Å². The SMILES string of the molecule is COc1cccc(-c2cncc(-c3cc(NCc4ccccc4)nc(-c4ccccn4)c3)c2)c1. The summed E-state index contributed by atoms with van der Waals surface area (Å²) in [5, 5.41) is 3.47. The summed E-state index contributed by atoms with van der Waals surface area (Å²) in [7, 11) is 1.67. The predicted octanol–water partition coefficient (Wildman–Crippen LogP) is 6.49. The topological polar surface area (TPSA) is 59.9 Å². The molecule has 5 rings (SSSR count). The van der Waals surface area contributed by atoms with Crippen molar-refractivity contribution in [3.8, 4) is 39.4 Å². The van der Waals surface area contributed by atoms with Crippen LogP contribution >= 0.6 is 0 Å². The second-order valence-electron chi connectivity index (χ2n) is 7.87. The highest BCUT2D eigenvalue weighted by atomic mass is 16.5. The fourth-order valence-electron chi connectivity index (χ4n) is 3.78. The zero-order valence-electron chi connectivity index (χ0n) is 18.8. The number of pyridine rings is 3. The molecule has 0 fully saturated rings. The zero-order valence-corrected chi connectivity index (χ0v) is 18.8. The first kappa shape index (κ1) is 21.3. The van der Waals surface area contributed by atoms with Gasteiger partial charge < -0.3 is 10.1 Å². The molecule has 0 saturated heterocycles. The van der Waals surface area contributed by atoms with E-state index in [1.54, 1.807) is 13.3 Å². The summed E-state index contributed by atoms with van der Waals surface area (Å²) < 4.78 is 5.39. The Bertz CT molecular complexity index is 1390. The van der Waals surface area contributed by atoms with Crippen LogP contribution < -0.4 is 10.1 Å². The van der Waals surface area contributed by atoms with Gasteiger partial charge in [-0.05, 0) is 59.2 Å². The van der Waals surface area contributed by atoms with Crippen LogP contribution in [0.25, 0.3) is 33.6 Å². The first-order chi connectivity index (χ1) is 16.8. The lowest BCUT2D eigenvalue weighted by atomic mass is 10.0. The Hall–Kier alpha value is -4.51. The average molecular weight is 445 g/mol. The van der Waals surface area contributed by atoms with E-state index in [0.717, 1.165) is 45.2 Å². The van der Waals surface area contributed by atoms with Crippen LogP contribution in [0, 0.1) is 0 Å². The van der Waals surface area contributed by atoms with Gasteiger partial charge in [-0.25, -0.2) is 4.98 Å². The minimum atomic E-state index is 0.682. The van der Waals surface area contributed by atoms with Gasteiger partial charge in [-0.1, -0.05) is 48.5 Å².